The highest BCUT2D eigenvalue weighted by Crippen LogP contribution is 2.24. The Morgan fingerprint density at radius 2 is 2.35 bits per heavy atom. The van der Waals surface area contributed by atoms with E-state index in [2.05, 4.69) is 15.4 Å². The lowest BCUT2D eigenvalue weighted by atomic mass is 10.3. The van der Waals surface area contributed by atoms with Crippen LogP contribution in [0.25, 0.3) is 0 Å². The maximum atomic E-state index is 8.86. The van der Waals surface area contributed by atoms with Crippen LogP contribution in [-0.2, 0) is 11.3 Å². The first-order chi connectivity index (χ1) is 8.19. The molecular weight excluding hydrogens is 240 g/mol. The van der Waals surface area contributed by atoms with Gasteiger partial charge >= 0.3 is 0 Å². The molecule has 1 rings (SSSR count). The van der Waals surface area contributed by atoms with Crippen LogP contribution in [0.4, 0.5) is 5.82 Å². The third-order valence-corrected chi connectivity index (χ3v) is 3.12. The third-order valence-electron chi connectivity index (χ3n) is 2.03. The average molecular weight is 258 g/mol. The molecule has 96 valence electrons. The summed E-state index contributed by atoms with van der Waals surface area (Å²) in [6.45, 7) is 2.55. The van der Waals surface area contributed by atoms with Gasteiger partial charge in [-0.15, -0.1) is 11.8 Å². The number of methoxy groups -OCH3 is 1. The van der Waals surface area contributed by atoms with Crippen molar-refractivity contribution in [1.29, 1.82) is 0 Å². The summed E-state index contributed by atoms with van der Waals surface area (Å²) in [4.78, 5) is 8.50. The Morgan fingerprint density at radius 3 is 2.94 bits per heavy atom. The lowest BCUT2D eigenvalue weighted by Gasteiger charge is -2.10. The number of aromatic nitrogens is 2. The minimum absolute atomic E-state index is 0.173. The molecule has 1 unspecified atom stereocenters. The SMILES string of the molecule is COCc1nc(NN)cc(SC(C)CCO)n1. The van der Waals surface area contributed by atoms with Crippen molar-refractivity contribution in [2.75, 3.05) is 19.1 Å². The molecule has 0 saturated carbocycles. The van der Waals surface area contributed by atoms with Gasteiger partial charge in [0, 0.05) is 25.0 Å². The highest BCUT2D eigenvalue weighted by Gasteiger charge is 2.08. The van der Waals surface area contributed by atoms with E-state index in [1.807, 2.05) is 6.92 Å². The molecule has 1 aromatic rings. The van der Waals surface area contributed by atoms with Crippen LogP contribution < -0.4 is 11.3 Å². The number of hydrogen-bond donors (Lipinski definition) is 3. The van der Waals surface area contributed by atoms with E-state index in [1.165, 1.54) is 0 Å². The predicted molar refractivity (Wildman–Crippen MR) is 67.6 cm³/mol. The summed E-state index contributed by atoms with van der Waals surface area (Å²) in [6.07, 6.45) is 0.722. The van der Waals surface area contributed by atoms with Gasteiger partial charge in [0.15, 0.2) is 5.82 Å². The van der Waals surface area contributed by atoms with E-state index >= 15 is 0 Å². The van der Waals surface area contributed by atoms with Gasteiger partial charge in [0.25, 0.3) is 0 Å². The van der Waals surface area contributed by atoms with Gasteiger partial charge in [0.2, 0.25) is 0 Å². The number of aliphatic hydroxyl groups is 1. The number of nitrogens with two attached hydrogens (primary N) is 1. The molecule has 0 aliphatic heterocycles. The second kappa shape index (κ2) is 7.44. The van der Waals surface area contributed by atoms with Gasteiger partial charge in [-0.25, -0.2) is 15.8 Å². The van der Waals surface area contributed by atoms with Crippen LogP contribution >= 0.6 is 11.8 Å². The van der Waals surface area contributed by atoms with E-state index in [9.17, 15) is 0 Å². The lowest BCUT2D eigenvalue weighted by Crippen LogP contribution is -2.11. The van der Waals surface area contributed by atoms with E-state index in [4.69, 9.17) is 15.7 Å². The fourth-order valence-electron chi connectivity index (χ4n) is 1.25. The fraction of sp³-hybridized carbons (Fsp3) is 0.600. The number of ether oxygens (including phenoxy) is 1. The maximum absolute atomic E-state index is 8.86. The molecule has 1 heterocycles. The first-order valence-corrected chi connectivity index (χ1v) is 6.18. The maximum Gasteiger partial charge on any atom is 0.157 e. The van der Waals surface area contributed by atoms with Gasteiger partial charge in [-0.05, 0) is 6.42 Å². The Kier molecular flexibility index (Phi) is 6.20. The number of nitrogen functional groups attached to an aromatic ring is 1. The number of hydrazine groups is 1. The van der Waals surface area contributed by atoms with Crippen LogP contribution in [0.5, 0.6) is 0 Å². The Morgan fingerprint density at radius 1 is 1.59 bits per heavy atom. The lowest BCUT2D eigenvalue weighted by molar-refractivity contribution is 0.177. The highest BCUT2D eigenvalue weighted by atomic mass is 32.2. The number of anilines is 1. The molecule has 0 aliphatic rings. The molecule has 0 aromatic carbocycles. The van der Waals surface area contributed by atoms with E-state index < -0.39 is 0 Å². The number of aliphatic hydroxyl groups excluding tert-OH is 1. The first-order valence-electron chi connectivity index (χ1n) is 5.30. The largest absolute Gasteiger partial charge is 0.396 e. The number of rotatable bonds is 7. The summed E-state index contributed by atoms with van der Waals surface area (Å²) >= 11 is 1.58. The van der Waals surface area contributed by atoms with Gasteiger partial charge in [0.05, 0.1) is 0 Å². The van der Waals surface area contributed by atoms with Gasteiger partial charge in [-0.3, -0.25) is 0 Å². The molecule has 0 aliphatic carbocycles. The van der Waals surface area contributed by atoms with Gasteiger partial charge in [-0.2, -0.15) is 0 Å². The van der Waals surface area contributed by atoms with Crippen LogP contribution in [0.3, 0.4) is 0 Å². The third kappa shape index (κ3) is 4.86. The smallest absolute Gasteiger partial charge is 0.157 e. The summed E-state index contributed by atoms with van der Waals surface area (Å²) in [7, 11) is 1.59. The summed E-state index contributed by atoms with van der Waals surface area (Å²) in [5.74, 6) is 6.49. The number of nitrogens with zero attached hydrogens (tertiary/aromatic N) is 2. The average Bonchev–Trinajstić information content (AvgIpc) is 2.29. The van der Waals surface area contributed by atoms with Gasteiger partial charge < -0.3 is 15.3 Å². The van der Waals surface area contributed by atoms with Crippen molar-refractivity contribution < 1.29 is 9.84 Å². The van der Waals surface area contributed by atoms with E-state index in [0.717, 1.165) is 11.4 Å². The van der Waals surface area contributed by atoms with Crippen LogP contribution in [0.2, 0.25) is 0 Å². The Labute approximate surface area is 105 Å². The van der Waals surface area contributed by atoms with Crippen molar-refractivity contribution in [2.45, 2.75) is 30.2 Å². The molecule has 0 spiro atoms. The zero-order chi connectivity index (χ0) is 12.7. The second-order valence-corrected chi connectivity index (χ2v) is 4.98. The van der Waals surface area contributed by atoms with Crippen molar-refractivity contribution in [3.63, 3.8) is 0 Å². The monoisotopic (exact) mass is 258 g/mol. The molecular formula is C10H18N4O2S. The molecule has 0 amide bonds. The van der Waals surface area contributed by atoms with Gasteiger partial charge in [-0.1, -0.05) is 6.92 Å². The molecule has 0 fully saturated rings. The van der Waals surface area contributed by atoms with Crippen molar-refractivity contribution in [3.8, 4) is 0 Å². The quantitative estimate of drug-likeness (QED) is 0.288. The van der Waals surface area contributed by atoms with Crippen molar-refractivity contribution >= 4 is 17.6 Å². The molecule has 7 heteroatoms. The van der Waals surface area contributed by atoms with Crippen LogP contribution in [-0.4, -0.2) is 34.0 Å². The molecule has 4 N–H and O–H groups in total. The summed E-state index contributed by atoms with van der Waals surface area (Å²) < 4.78 is 4.99. The van der Waals surface area contributed by atoms with E-state index in [0.29, 0.717) is 18.2 Å². The highest BCUT2D eigenvalue weighted by molar-refractivity contribution is 7.99. The van der Waals surface area contributed by atoms with E-state index in [1.54, 1.807) is 24.9 Å². The Bertz CT molecular complexity index is 351. The molecule has 0 radical (unpaired) electrons. The first kappa shape index (κ1) is 14.2. The van der Waals surface area contributed by atoms with Crippen molar-refractivity contribution in [3.05, 3.63) is 11.9 Å². The minimum atomic E-state index is 0.173. The molecule has 1 aromatic heterocycles. The van der Waals surface area contributed by atoms with Crippen molar-refractivity contribution in [1.82, 2.24) is 9.97 Å². The van der Waals surface area contributed by atoms with Crippen molar-refractivity contribution in [2.24, 2.45) is 5.84 Å². The fourth-order valence-corrected chi connectivity index (χ4v) is 2.22. The zero-order valence-corrected chi connectivity index (χ0v) is 10.8. The van der Waals surface area contributed by atoms with Crippen LogP contribution in [0.15, 0.2) is 11.1 Å². The second-order valence-electron chi connectivity index (χ2n) is 3.53. The Balaban J connectivity index is 2.79. The minimum Gasteiger partial charge on any atom is -0.396 e. The molecule has 6 nitrogen and oxygen atoms in total. The summed E-state index contributed by atoms with van der Waals surface area (Å²) in [5.41, 5.74) is 2.50. The number of thioether (sulfide) groups is 1. The molecule has 0 bridgehead atoms. The zero-order valence-electron chi connectivity index (χ0n) is 10.0. The molecule has 17 heavy (non-hydrogen) atoms. The van der Waals surface area contributed by atoms with E-state index in [-0.39, 0.29) is 11.9 Å². The number of nitrogens with one attached hydrogen (secondary N) is 1. The summed E-state index contributed by atoms with van der Waals surface area (Å²) in [6, 6.07) is 1.78. The molecule has 1 atom stereocenters. The normalized spacial score (nSPS) is 12.5. The molecule has 0 saturated heterocycles. The Hall–Kier alpha value is -0.890. The summed E-state index contributed by atoms with van der Waals surface area (Å²) in [5, 5.41) is 9.96. The van der Waals surface area contributed by atoms with Gasteiger partial charge in [0.1, 0.15) is 17.5 Å². The van der Waals surface area contributed by atoms with Crippen LogP contribution in [0.1, 0.15) is 19.2 Å². The standard InChI is InChI=1S/C10H18N4O2S/c1-7(3-4-15)17-10-5-8(14-11)12-9(13-10)6-16-2/h5,7,15H,3-4,6,11H2,1-2H3,(H,12,13,14). The van der Waals surface area contributed by atoms with Crippen LogP contribution in [0, 0.1) is 0 Å². The number of hydrogen-bond acceptors (Lipinski definition) is 7. The predicted octanol–water partition coefficient (Wildman–Crippen LogP) is 0.772. The topological polar surface area (TPSA) is 93.3 Å².